The van der Waals surface area contributed by atoms with Gasteiger partial charge in [-0.25, -0.2) is 0 Å². The molecule has 1 heterocycles. The van der Waals surface area contributed by atoms with Crippen molar-refractivity contribution in [1.29, 1.82) is 0 Å². The van der Waals surface area contributed by atoms with Crippen LogP contribution in [0.5, 0.6) is 11.5 Å². The van der Waals surface area contributed by atoms with Gasteiger partial charge in [0.2, 0.25) is 0 Å². The fourth-order valence-electron chi connectivity index (χ4n) is 12.0. The van der Waals surface area contributed by atoms with Crippen molar-refractivity contribution >= 4 is 47.2 Å². The second kappa shape index (κ2) is 24.7. The molecule has 8 rings (SSSR count). The summed E-state index contributed by atoms with van der Waals surface area (Å²) in [7, 11) is 0. The van der Waals surface area contributed by atoms with Crippen molar-refractivity contribution in [3.05, 3.63) is 35.7 Å². The predicted octanol–water partition coefficient (Wildman–Crippen LogP) is 12.1. The molecule has 0 unspecified atom stereocenters. The molecule has 0 bridgehead atoms. The Hall–Kier alpha value is -4.26. The molecule has 13 heteroatoms. The fraction of sp³-hybridized carbons (Fsp3) is 0.714. The molecule has 0 atom stereocenters. The van der Waals surface area contributed by atoms with Crippen LogP contribution in [0.4, 0.5) is 0 Å². The maximum Gasteiger partial charge on any atom is 0.314 e. The van der Waals surface area contributed by atoms with Crippen molar-refractivity contribution in [2.75, 3.05) is 0 Å². The largest absolute Gasteiger partial charge is 0.462 e. The van der Waals surface area contributed by atoms with Crippen molar-refractivity contribution in [2.45, 2.75) is 205 Å². The topological polar surface area (TPSA) is 158 Å². The zero-order valence-corrected chi connectivity index (χ0v) is 41.9. The van der Waals surface area contributed by atoms with Gasteiger partial charge in [-0.2, -0.15) is 0 Å². The van der Waals surface area contributed by atoms with Gasteiger partial charge in [0.1, 0.15) is 35.9 Å². The lowest BCUT2D eigenvalue weighted by molar-refractivity contribution is -0.164. The maximum atomic E-state index is 13.6. The third-order valence-corrected chi connectivity index (χ3v) is 17.7. The molecule has 0 saturated heterocycles. The minimum Gasteiger partial charge on any atom is -0.462 e. The van der Waals surface area contributed by atoms with Gasteiger partial charge >= 0.3 is 35.8 Å². The van der Waals surface area contributed by atoms with E-state index in [1.165, 1.54) is 24.2 Å². The predicted molar refractivity (Wildman–Crippen MR) is 260 cm³/mol. The van der Waals surface area contributed by atoms with Gasteiger partial charge in [0.15, 0.2) is 0 Å². The van der Waals surface area contributed by atoms with E-state index in [1.54, 1.807) is 18.2 Å². The normalized spacial score (nSPS) is 31.9. The first-order valence-corrected chi connectivity index (χ1v) is 27.8. The summed E-state index contributed by atoms with van der Waals surface area (Å²) in [5.41, 5.74) is 0.659. The van der Waals surface area contributed by atoms with Crippen LogP contribution in [0.2, 0.25) is 0 Å². The monoisotopic (exact) mass is 973 g/mol. The van der Waals surface area contributed by atoms with Gasteiger partial charge < -0.3 is 28.4 Å². The van der Waals surface area contributed by atoms with Gasteiger partial charge in [-0.15, -0.1) is 11.3 Å². The Morgan fingerprint density at radius 2 is 0.754 bits per heavy atom. The highest BCUT2D eigenvalue weighted by atomic mass is 32.1. The molecule has 0 amide bonds. The third kappa shape index (κ3) is 14.0. The summed E-state index contributed by atoms with van der Waals surface area (Å²) in [6, 6.07) is 8.94. The van der Waals surface area contributed by atoms with E-state index in [0.717, 1.165) is 68.1 Å². The number of benzene rings is 1. The molecule has 12 nitrogen and oxygen atoms in total. The lowest BCUT2D eigenvalue weighted by Crippen LogP contribution is -2.34. The van der Waals surface area contributed by atoms with E-state index in [1.807, 2.05) is 17.5 Å². The van der Waals surface area contributed by atoms with E-state index in [0.29, 0.717) is 120 Å². The summed E-state index contributed by atoms with van der Waals surface area (Å²) in [5.74, 6) is -0.00625. The molecular weight excluding hydrogens is 897 g/mol. The SMILES string of the molecule is CCC1CCC(C(=O)OC2CCC(C(=O)OC3CCC(C(=O)Oc4ccc(OC(=O)C5CCC(OC(=O)[C@H]6CC[C@H](OC(=O)C7CCC(CC)CC7)CC6)CC5)cc4-c4cccs4)CC3)CC2)CC1. The van der Waals surface area contributed by atoms with E-state index >= 15 is 0 Å². The first-order chi connectivity index (χ1) is 33.5. The molecule has 0 spiro atoms. The number of carbonyl (C=O) groups excluding carboxylic acids is 6. The molecule has 0 N–H and O–H groups in total. The molecule has 0 radical (unpaired) electrons. The molecule has 2 aromatic rings. The zero-order valence-electron chi connectivity index (χ0n) is 41.1. The Balaban J connectivity index is 0.730. The fourth-order valence-corrected chi connectivity index (χ4v) is 12.7. The summed E-state index contributed by atoms with van der Waals surface area (Å²) >= 11 is 1.49. The van der Waals surface area contributed by atoms with Gasteiger partial charge in [0.25, 0.3) is 0 Å². The van der Waals surface area contributed by atoms with Gasteiger partial charge in [0, 0.05) is 10.4 Å². The average molecular weight is 973 g/mol. The van der Waals surface area contributed by atoms with Crippen LogP contribution in [0.25, 0.3) is 10.4 Å². The van der Waals surface area contributed by atoms with Crippen LogP contribution in [0.15, 0.2) is 35.7 Å². The summed E-state index contributed by atoms with van der Waals surface area (Å²) in [6.45, 7) is 4.43. The van der Waals surface area contributed by atoms with Crippen molar-refractivity contribution in [1.82, 2.24) is 0 Å². The van der Waals surface area contributed by atoms with Crippen LogP contribution in [-0.4, -0.2) is 60.2 Å². The van der Waals surface area contributed by atoms with Crippen molar-refractivity contribution in [3.63, 3.8) is 0 Å². The highest BCUT2D eigenvalue weighted by molar-refractivity contribution is 7.13. The van der Waals surface area contributed by atoms with E-state index in [4.69, 9.17) is 28.4 Å². The van der Waals surface area contributed by atoms with Gasteiger partial charge in [-0.05, 0) is 196 Å². The minimum absolute atomic E-state index is 0.0114. The molecule has 6 saturated carbocycles. The van der Waals surface area contributed by atoms with Crippen LogP contribution in [0, 0.1) is 47.3 Å². The molecule has 1 aromatic carbocycles. The second-order valence-electron chi connectivity index (χ2n) is 21.4. The summed E-state index contributed by atoms with van der Waals surface area (Å²) in [5, 5.41) is 1.94. The Kier molecular flexibility index (Phi) is 18.3. The van der Waals surface area contributed by atoms with Gasteiger partial charge in [-0.3, -0.25) is 28.8 Å². The molecular formula is C56H76O12S. The first kappa shape index (κ1) is 51.1. The third-order valence-electron chi connectivity index (χ3n) is 16.8. The summed E-state index contributed by atoms with van der Waals surface area (Å²) in [4.78, 5) is 79.9. The summed E-state index contributed by atoms with van der Waals surface area (Å²) < 4.78 is 35.7. The quantitative estimate of drug-likeness (QED) is 0.0946. The van der Waals surface area contributed by atoms with E-state index in [9.17, 15) is 28.8 Å². The molecule has 6 fully saturated rings. The highest BCUT2D eigenvalue weighted by Gasteiger charge is 2.38. The van der Waals surface area contributed by atoms with Gasteiger partial charge in [0.05, 0.1) is 35.5 Å². The van der Waals surface area contributed by atoms with E-state index in [2.05, 4.69) is 13.8 Å². The van der Waals surface area contributed by atoms with Crippen molar-refractivity contribution in [2.24, 2.45) is 47.3 Å². The van der Waals surface area contributed by atoms with Crippen LogP contribution in [0.3, 0.4) is 0 Å². The van der Waals surface area contributed by atoms with Crippen molar-refractivity contribution in [3.8, 4) is 21.9 Å². The molecule has 69 heavy (non-hydrogen) atoms. The smallest absolute Gasteiger partial charge is 0.314 e. The minimum atomic E-state index is -0.337. The first-order valence-electron chi connectivity index (χ1n) is 26.9. The second-order valence-corrected chi connectivity index (χ2v) is 22.3. The molecule has 6 aliphatic rings. The van der Waals surface area contributed by atoms with E-state index in [-0.39, 0.29) is 95.7 Å². The van der Waals surface area contributed by atoms with Crippen LogP contribution in [-0.2, 0) is 47.7 Å². The van der Waals surface area contributed by atoms with Crippen LogP contribution >= 0.6 is 11.3 Å². The Morgan fingerprint density at radius 1 is 0.420 bits per heavy atom. The lowest BCUT2D eigenvalue weighted by Gasteiger charge is -2.32. The average Bonchev–Trinajstić information content (AvgIpc) is 3.93. The van der Waals surface area contributed by atoms with E-state index < -0.39 is 0 Å². The Bertz CT molecular complexity index is 2020. The lowest BCUT2D eigenvalue weighted by atomic mass is 9.81. The number of thiophene rings is 1. The van der Waals surface area contributed by atoms with Crippen molar-refractivity contribution < 1.29 is 57.2 Å². The number of ether oxygens (including phenoxy) is 6. The maximum absolute atomic E-state index is 13.6. The standard InChI is InChI=1S/C56H76O12S/c1-3-35-7-11-37(12-8-35)51(57)63-43-23-15-39(16-24-43)53(59)65-45-27-19-41(20-28-45)55(61)67-47-31-32-49(48(34-47)50-6-5-33-69-50)68-56(62)42-21-29-46(30-22-42)66-54(60)40-17-25-44(26-18-40)64-52(58)38-13-9-36(4-2)10-14-38/h5-6,31-46H,3-4,7-30H2,1-2H3/t35?,36?,37?,38?,39-,40?,41?,42?,43-,44?,45?,46?. The van der Waals surface area contributed by atoms with Crippen LogP contribution in [0.1, 0.15) is 181 Å². The Morgan fingerprint density at radius 3 is 1.09 bits per heavy atom. The highest BCUT2D eigenvalue weighted by Crippen LogP contribution is 2.40. The van der Waals surface area contributed by atoms with Crippen LogP contribution < -0.4 is 9.47 Å². The number of rotatable bonds is 15. The molecule has 6 aliphatic carbocycles. The molecule has 1 aromatic heterocycles. The number of hydrogen-bond acceptors (Lipinski definition) is 13. The Labute approximate surface area is 413 Å². The number of carbonyl (C=O) groups is 6. The van der Waals surface area contributed by atoms with Gasteiger partial charge in [-0.1, -0.05) is 32.8 Å². The molecule has 0 aliphatic heterocycles. The molecule has 378 valence electrons. The zero-order chi connectivity index (χ0) is 48.3. The number of esters is 6. The summed E-state index contributed by atoms with van der Waals surface area (Å²) in [6.07, 6.45) is 19.5. The number of hydrogen-bond donors (Lipinski definition) is 0.